The van der Waals surface area contributed by atoms with Gasteiger partial charge in [-0.25, -0.2) is 0 Å². The third-order valence-electron chi connectivity index (χ3n) is 5.06. The highest BCUT2D eigenvalue weighted by atomic mass is 16.6. The van der Waals surface area contributed by atoms with E-state index in [2.05, 4.69) is 17.5 Å². The molecule has 4 rings (SSSR count). The number of fused-ring (bicyclic) bond motifs is 3. The quantitative estimate of drug-likeness (QED) is 0.529. The molecule has 0 aromatic heterocycles. The largest absolute Gasteiger partial charge is 0.545 e. The molecule has 3 atom stereocenters. The Bertz CT molecular complexity index is 906. The van der Waals surface area contributed by atoms with Crippen LogP contribution < -0.4 is 10.4 Å². The van der Waals surface area contributed by atoms with Crippen LogP contribution >= 0.6 is 0 Å². The molecule has 1 N–H and O–H groups in total. The van der Waals surface area contributed by atoms with Crippen molar-refractivity contribution in [2.45, 2.75) is 18.4 Å². The summed E-state index contributed by atoms with van der Waals surface area (Å²) in [5.41, 5.74) is 2.41. The molecule has 1 aliphatic carbocycles. The van der Waals surface area contributed by atoms with Crippen molar-refractivity contribution >= 4 is 17.3 Å². The summed E-state index contributed by atoms with van der Waals surface area (Å²) in [6.45, 7) is 0. The highest BCUT2D eigenvalue weighted by Gasteiger charge is 2.39. The van der Waals surface area contributed by atoms with E-state index in [9.17, 15) is 20.0 Å². The highest BCUT2D eigenvalue weighted by Crippen LogP contribution is 2.50. The van der Waals surface area contributed by atoms with Gasteiger partial charge in [0.05, 0.1) is 16.9 Å². The zero-order valence-electron chi connectivity index (χ0n) is 13.2. The van der Waals surface area contributed by atoms with Crippen LogP contribution in [0, 0.1) is 16.0 Å². The standard InChI is InChI=1S/C19H16N2O4/c22-19(23)16-9-3-8-15-13-6-2-7-14(13)17(20-18(15)16)11-4-1-5-12(10-11)21(24)25/h1-6,8-10,13-14,17,20H,7H2,(H,22,23)/p-1/t13-,14+,17-/m1/s1. The van der Waals surface area contributed by atoms with Gasteiger partial charge in [-0.1, -0.05) is 42.5 Å². The Morgan fingerprint density at radius 2 is 2.00 bits per heavy atom. The number of para-hydroxylation sites is 1. The van der Waals surface area contributed by atoms with Crippen molar-refractivity contribution < 1.29 is 14.8 Å². The summed E-state index contributed by atoms with van der Waals surface area (Å²) in [7, 11) is 0. The summed E-state index contributed by atoms with van der Waals surface area (Å²) in [4.78, 5) is 22.2. The molecular formula is C19H15N2O4-. The summed E-state index contributed by atoms with van der Waals surface area (Å²) in [6.07, 6.45) is 5.01. The number of nitrogens with one attached hydrogen (secondary N) is 1. The van der Waals surface area contributed by atoms with Crippen molar-refractivity contribution in [2.75, 3.05) is 5.32 Å². The SMILES string of the molecule is O=C([O-])c1cccc2c1N[C@H](c1cccc([N+](=O)[O-])c1)[C@H]1CC=C[C@@H]21. The predicted octanol–water partition coefficient (Wildman–Crippen LogP) is 2.78. The molecule has 0 spiro atoms. The van der Waals surface area contributed by atoms with Crippen LogP contribution in [0.1, 0.15) is 39.9 Å². The molecule has 0 radical (unpaired) electrons. The summed E-state index contributed by atoms with van der Waals surface area (Å²) >= 11 is 0. The van der Waals surface area contributed by atoms with Crippen molar-refractivity contribution in [2.24, 2.45) is 5.92 Å². The molecule has 2 aromatic carbocycles. The molecule has 2 aromatic rings. The fourth-order valence-electron chi connectivity index (χ4n) is 3.95. The molecule has 1 heterocycles. The van der Waals surface area contributed by atoms with Gasteiger partial charge in [0.2, 0.25) is 0 Å². The molecule has 25 heavy (non-hydrogen) atoms. The van der Waals surface area contributed by atoms with Crippen molar-refractivity contribution in [3.63, 3.8) is 0 Å². The van der Waals surface area contributed by atoms with Gasteiger partial charge in [0, 0.05) is 29.3 Å². The number of allylic oxidation sites excluding steroid dienone is 2. The second kappa shape index (κ2) is 5.73. The first-order chi connectivity index (χ1) is 12.1. The normalized spacial score (nSPS) is 23.4. The number of carboxylic acid groups (broad SMARTS) is 1. The second-order valence-electron chi connectivity index (χ2n) is 6.38. The third kappa shape index (κ3) is 2.46. The minimum atomic E-state index is -1.23. The molecular weight excluding hydrogens is 320 g/mol. The Morgan fingerprint density at radius 3 is 2.76 bits per heavy atom. The number of nitro groups is 1. The molecule has 2 aliphatic rings. The van der Waals surface area contributed by atoms with Crippen LogP contribution in [0.5, 0.6) is 0 Å². The van der Waals surface area contributed by atoms with E-state index in [4.69, 9.17) is 0 Å². The van der Waals surface area contributed by atoms with Crippen LogP contribution in [0.25, 0.3) is 0 Å². The van der Waals surface area contributed by atoms with Crippen LogP contribution in [0.4, 0.5) is 11.4 Å². The summed E-state index contributed by atoms with van der Waals surface area (Å²) < 4.78 is 0. The predicted molar refractivity (Wildman–Crippen MR) is 90.2 cm³/mol. The van der Waals surface area contributed by atoms with E-state index in [1.165, 1.54) is 12.1 Å². The molecule has 0 amide bonds. The number of nitrogens with zero attached hydrogens (tertiary/aromatic N) is 1. The number of anilines is 1. The minimum Gasteiger partial charge on any atom is -0.545 e. The Labute approximate surface area is 144 Å². The maximum atomic E-state index is 11.5. The van der Waals surface area contributed by atoms with Crippen LogP contribution in [-0.4, -0.2) is 10.9 Å². The monoisotopic (exact) mass is 335 g/mol. The van der Waals surface area contributed by atoms with Crippen molar-refractivity contribution in [3.8, 4) is 0 Å². The summed E-state index contributed by atoms with van der Waals surface area (Å²) in [6, 6.07) is 11.5. The van der Waals surface area contributed by atoms with Crippen LogP contribution in [-0.2, 0) is 0 Å². The summed E-state index contributed by atoms with van der Waals surface area (Å²) in [5, 5.41) is 25.9. The van der Waals surface area contributed by atoms with Crippen LogP contribution in [0.2, 0.25) is 0 Å². The fraction of sp³-hybridized carbons (Fsp3) is 0.211. The van der Waals surface area contributed by atoms with Gasteiger partial charge in [-0.3, -0.25) is 10.1 Å². The number of hydrogen-bond acceptors (Lipinski definition) is 5. The molecule has 1 aliphatic heterocycles. The van der Waals surface area contributed by atoms with Gasteiger partial charge in [0.25, 0.3) is 5.69 Å². The molecule has 0 bridgehead atoms. The van der Waals surface area contributed by atoms with E-state index in [1.54, 1.807) is 18.2 Å². The van der Waals surface area contributed by atoms with E-state index in [1.807, 2.05) is 12.1 Å². The lowest BCUT2D eigenvalue weighted by Crippen LogP contribution is -2.32. The van der Waals surface area contributed by atoms with Gasteiger partial charge < -0.3 is 15.2 Å². The average Bonchev–Trinajstić information content (AvgIpc) is 3.10. The first kappa shape index (κ1) is 15.4. The number of benzene rings is 2. The van der Waals surface area contributed by atoms with Crippen molar-refractivity contribution in [3.05, 3.63) is 81.4 Å². The Morgan fingerprint density at radius 1 is 1.20 bits per heavy atom. The smallest absolute Gasteiger partial charge is 0.269 e. The lowest BCUT2D eigenvalue weighted by molar-refractivity contribution is -0.384. The second-order valence-corrected chi connectivity index (χ2v) is 6.38. The first-order valence-corrected chi connectivity index (χ1v) is 8.08. The van der Waals surface area contributed by atoms with Gasteiger partial charge in [0.1, 0.15) is 0 Å². The molecule has 0 fully saturated rings. The molecule has 126 valence electrons. The molecule has 6 nitrogen and oxygen atoms in total. The van der Waals surface area contributed by atoms with E-state index < -0.39 is 10.9 Å². The molecule has 0 unspecified atom stereocenters. The fourth-order valence-corrected chi connectivity index (χ4v) is 3.95. The Balaban J connectivity index is 1.83. The number of carbonyl (C=O) groups excluding carboxylic acids is 1. The maximum Gasteiger partial charge on any atom is 0.269 e. The number of nitro benzene ring substituents is 1. The van der Waals surface area contributed by atoms with Gasteiger partial charge in [0.15, 0.2) is 0 Å². The van der Waals surface area contributed by atoms with Gasteiger partial charge in [-0.05, 0) is 23.5 Å². The lowest BCUT2D eigenvalue weighted by atomic mass is 9.76. The minimum absolute atomic E-state index is 0.0285. The van der Waals surface area contributed by atoms with E-state index >= 15 is 0 Å². The number of carboxylic acids is 1. The lowest BCUT2D eigenvalue weighted by Gasteiger charge is -2.38. The average molecular weight is 335 g/mol. The number of hydrogen-bond donors (Lipinski definition) is 1. The van der Waals surface area contributed by atoms with Crippen LogP contribution in [0.3, 0.4) is 0 Å². The van der Waals surface area contributed by atoms with Gasteiger partial charge in [-0.2, -0.15) is 0 Å². The molecule has 0 saturated carbocycles. The zero-order valence-corrected chi connectivity index (χ0v) is 13.2. The topological polar surface area (TPSA) is 95.3 Å². The number of aromatic carboxylic acids is 1. The number of rotatable bonds is 3. The van der Waals surface area contributed by atoms with E-state index in [0.717, 1.165) is 17.5 Å². The Hall–Kier alpha value is -3.15. The highest BCUT2D eigenvalue weighted by molar-refractivity contribution is 5.94. The number of carbonyl (C=O) groups is 1. The summed E-state index contributed by atoms with van der Waals surface area (Å²) in [5.74, 6) is -0.964. The van der Waals surface area contributed by atoms with Crippen molar-refractivity contribution in [1.29, 1.82) is 0 Å². The molecule has 0 saturated heterocycles. The number of non-ortho nitro benzene ring substituents is 1. The maximum absolute atomic E-state index is 11.5. The van der Waals surface area contributed by atoms with E-state index in [0.29, 0.717) is 5.69 Å². The third-order valence-corrected chi connectivity index (χ3v) is 5.06. The van der Waals surface area contributed by atoms with Gasteiger partial charge in [-0.15, -0.1) is 0 Å². The van der Waals surface area contributed by atoms with Crippen LogP contribution in [0.15, 0.2) is 54.6 Å². The van der Waals surface area contributed by atoms with E-state index in [-0.39, 0.29) is 29.1 Å². The Kier molecular flexibility index (Phi) is 3.53. The van der Waals surface area contributed by atoms with Crippen molar-refractivity contribution in [1.82, 2.24) is 0 Å². The first-order valence-electron chi connectivity index (χ1n) is 8.08. The molecule has 6 heteroatoms. The zero-order chi connectivity index (χ0) is 17.6. The van der Waals surface area contributed by atoms with Gasteiger partial charge >= 0.3 is 0 Å².